The molecule has 0 saturated carbocycles. The van der Waals surface area contributed by atoms with Crippen LogP contribution < -0.4 is 20.1 Å². The van der Waals surface area contributed by atoms with Crippen molar-refractivity contribution in [1.29, 1.82) is 0 Å². The van der Waals surface area contributed by atoms with Crippen LogP contribution in [0, 0.1) is 0 Å². The smallest absolute Gasteiger partial charge is 0.241 e. The zero-order valence-electron chi connectivity index (χ0n) is 22.6. The van der Waals surface area contributed by atoms with Crippen LogP contribution in [0.5, 0.6) is 11.5 Å². The minimum atomic E-state index is -0.239. The first kappa shape index (κ1) is 29.9. The van der Waals surface area contributed by atoms with Gasteiger partial charge in [0, 0.05) is 6.42 Å². The summed E-state index contributed by atoms with van der Waals surface area (Å²) in [5, 5.41) is 3.02. The van der Waals surface area contributed by atoms with Crippen LogP contribution in [0.25, 0.3) is 0 Å². The third-order valence-corrected chi connectivity index (χ3v) is 9.05. The van der Waals surface area contributed by atoms with Gasteiger partial charge in [0.2, 0.25) is 6.29 Å². The number of hydrogen-bond donors (Lipinski definition) is 0. The molecule has 0 bridgehead atoms. The van der Waals surface area contributed by atoms with E-state index < -0.39 is 0 Å². The number of benzene rings is 4. The Labute approximate surface area is 233 Å². The lowest BCUT2D eigenvalue weighted by molar-refractivity contribution is -0.00205. The van der Waals surface area contributed by atoms with E-state index in [9.17, 15) is 0 Å². The molecule has 0 spiro atoms. The second kappa shape index (κ2) is 18.6. The summed E-state index contributed by atoms with van der Waals surface area (Å²) in [4.78, 5) is 0. The van der Waals surface area contributed by atoms with Gasteiger partial charge in [0.05, 0.1) is 0 Å². The Kier molecular flexibility index (Phi) is 14.6. The second-order valence-electron chi connectivity index (χ2n) is 9.11. The first-order chi connectivity index (χ1) is 18.8. The Bertz CT molecular complexity index is 1010. The monoisotopic (exact) mass is 544 g/mol. The Balaban J connectivity index is 0.000000212. The van der Waals surface area contributed by atoms with Crippen LogP contribution in [0.1, 0.15) is 45.4 Å². The fourth-order valence-electron chi connectivity index (χ4n) is 4.04. The SMILES string of the molecule is CCCCCP(c1ccccc1)c1ccccc1.PCCCCC(Oc1ccccc1)Oc1ccccc1. The normalized spacial score (nSPS) is 10.6. The van der Waals surface area contributed by atoms with E-state index in [1.807, 2.05) is 60.7 Å². The molecule has 4 aromatic carbocycles. The predicted molar refractivity (Wildman–Crippen MR) is 170 cm³/mol. The second-order valence-corrected chi connectivity index (χ2v) is 12.0. The van der Waals surface area contributed by atoms with Crippen LogP contribution in [-0.2, 0) is 0 Å². The average molecular weight is 545 g/mol. The summed E-state index contributed by atoms with van der Waals surface area (Å²) < 4.78 is 11.9. The van der Waals surface area contributed by atoms with Crippen LogP contribution in [0.4, 0.5) is 0 Å². The highest BCUT2D eigenvalue weighted by Gasteiger charge is 2.13. The zero-order valence-corrected chi connectivity index (χ0v) is 24.7. The molecule has 4 rings (SSSR count). The predicted octanol–water partition coefficient (Wildman–Crippen LogP) is 8.83. The lowest BCUT2D eigenvalue weighted by atomic mass is 10.2. The quantitative estimate of drug-likeness (QED) is 0.0897. The molecule has 0 heterocycles. The molecular weight excluding hydrogens is 502 g/mol. The van der Waals surface area contributed by atoms with Gasteiger partial charge in [0.1, 0.15) is 11.5 Å². The van der Waals surface area contributed by atoms with Crippen LogP contribution in [0.2, 0.25) is 0 Å². The van der Waals surface area contributed by atoms with Gasteiger partial charge in [-0.1, -0.05) is 117 Å². The van der Waals surface area contributed by atoms with Crippen molar-refractivity contribution in [2.24, 2.45) is 0 Å². The van der Waals surface area contributed by atoms with Crippen molar-refractivity contribution in [3.63, 3.8) is 0 Å². The van der Waals surface area contributed by atoms with Crippen LogP contribution in [0.3, 0.4) is 0 Å². The standard InChI is InChI=1S/C17H21O2P.C17H21P/c20-14-8-7-13-17(18-15-9-3-1-4-10-15)19-16-11-5-2-6-12-16;1-2-3-10-15-18(16-11-6-4-7-12-16)17-13-8-5-9-14-17/h1-6,9-12,17H,7-8,13-14,20H2;4-9,11-14H,2-3,10,15H2,1H3. The van der Waals surface area contributed by atoms with Crippen LogP contribution in [0.15, 0.2) is 121 Å². The maximum absolute atomic E-state index is 5.94. The molecule has 0 fully saturated rings. The Morgan fingerprint density at radius 1 is 0.579 bits per heavy atom. The molecule has 38 heavy (non-hydrogen) atoms. The fraction of sp³-hybridized carbons (Fsp3) is 0.294. The summed E-state index contributed by atoms with van der Waals surface area (Å²) in [5.74, 6) is 1.69. The third kappa shape index (κ3) is 11.4. The minimum absolute atomic E-state index is 0.162. The van der Waals surface area contributed by atoms with E-state index in [0.717, 1.165) is 36.9 Å². The summed E-state index contributed by atoms with van der Waals surface area (Å²) in [5.41, 5.74) is 0. The highest BCUT2D eigenvalue weighted by molar-refractivity contribution is 7.73. The van der Waals surface area contributed by atoms with Gasteiger partial charge in [-0.3, -0.25) is 0 Å². The number of rotatable bonds is 14. The lowest BCUT2D eigenvalue weighted by Crippen LogP contribution is -2.24. The zero-order chi connectivity index (χ0) is 26.7. The van der Waals surface area contributed by atoms with Gasteiger partial charge >= 0.3 is 0 Å². The molecule has 1 atom stereocenters. The molecule has 0 aliphatic carbocycles. The molecule has 0 aromatic heterocycles. The molecule has 0 radical (unpaired) electrons. The van der Waals surface area contributed by atoms with Crippen LogP contribution >= 0.6 is 17.2 Å². The fourth-order valence-corrected chi connectivity index (χ4v) is 6.75. The van der Waals surface area contributed by atoms with E-state index in [1.165, 1.54) is 36.0 Å². The summed E-state index contributed by atoms with van der Waals surface area (Å²) in [6, 6.07) is 41.6. The lowest BCUT2D eigenvalue weighted by Gasteiger charge is -2.20. The molecule has 1 unspecified atom stereocenters. The maximum atomic E-state index is 5.94. The van der Waals surface area contributed by atoms with Gasteiger partial charge in [-0.25, -0.2) is 0 Å². The van der Waals surface area contributed by atoms with Crippen molar-refractivity contribution in [2.45, 2.75) is 51.7 Å². The van der Waals surface area contributed by atoms with Crippen molar-refractivity contribution in [3.05, 3.63) is 121 Å². The summed E-state index contributed by atoms with van der Waals surface area (Å²) in [7, 11) is 2.59. The van der Waals surface area contributed by atoms with E-state index in [0.29, 0.717) is 0 Å². The van der Waals surface area contributed by atoms with E-state index in [1.54, 1.807) is 0 Å². The highest BCUT2D eigenvalue weighted by Crippen LogP contribution is 2.34. The van der Waals surface area contributed by atoms with E-state index in [-0.39, 0.29) is 14.2 Å². The molecule has 0 N–H and O–H groups in total. The van der Waals surface area contributed by atoms with Crippen molar-refractivity contribution < 1.29 is 9.47 Å². The number of ether oxygens (including phenoxy) is 2. The maximum Gasteiger partial charge on any atom is 0.241 e. The van der Waals surface area contributed by atoms with E-state index in [4.69, 9.17) is 9.47 Å². The van der Waals surface area contributed by atoms with Gasteiger partial charge in [-0.15, -0.1) is 9.24 Å². The van der Waals surface area contributed by atoms with Gasteiger partial charge in [0.15, 0.2) is 0 Å². The number of unbranched alkanes of at least 4 members (excludes halogenated alkanes) is 3. The van der Waals surface area contributed by atoms with Crippen molar-refractivity contribution in [2.75, 3.05) is 12.3 Å². The Morgan fingerprint density at radius 3 is 1.45 bits per heavy atom. The Morgan fingerprint density at radius 2 is 1.03 bits per heavy atom. The topological polar surface area (TPSA) is 18.5 Å². The van der Waals surface area contributed by atoms with Gasteiger partial charge in [-0.2, -0.15) is 0 Å². The Hall–Kier alpha value is -2.66. The number of para-hydroxylation sites is 2. The van der Waals surface area contributed by atoms with Crippen LogP contribution in [-0.4, -0.2) is 18.6 Å². The molecule has 200 valence electrons. The summed E-state index contributed by atoms with van der Waals surface area (Å²) >= 11 is 0. The minimum Gasteiger partial charge on any atom is -0.455 e. The first-order valence-electron chi connectivity index (χ1n) is 13.8. The van der Waals surface area contributed by atoms with Gasteiger partial charge in [-0.05, 0) is 74.4 Å². The molecule has 0 aliphatic rings. The van der Waals surface area contributed by atoms with Crippen molar-refractivity contribution in [1.82, 2.24) is 0 Å². The molecule has 0 amide bonds. The molecule has 0 aliphatic heterocycles. The molecule has 4 aromatic rings. The van der Waals surface area contributed by atoms with Gasteiger partial charge in [0.25, 0.3) is 0 Å². The van der Waals surface area contributed by atoms with E-state index >= 15 is 0 Å². The molecule has 4 heteroatoms. The van der Waals surface area contributed by atoms with Gasteiger partial charge < -0.3 is 9.47 Å². The number of hydrogen-bond acceptors (Lipinski definition) is 2. The van der Waals surface area contributed by atoms with Crippen molar-refractivity contribution >= 4 is 27.8 Å². The summed E-state index contributed by atoms with van der Waals surface area (Å²) in [6.07, 6.45) is 9.32. The summed E-state index contributed by atoms with van der Waals surface area (Å²) in [6.45, 7) is 2.27. The largest absolute Gasteiger partial charge is 0.455 e. The van der Waals surface area contributed by atoms with E-state index in [2.05, 4.69) is 76.8 Å². The average Bonchev–Trinajstić information content (AvgIpc) is 2.98. The molecule has 0 saturated heterocycles. The highest BCUT2D eigenvalue weighted by atomic mass is 31.1. The molecular formula is C34H42O2P2. The molecule has 2 nitrogen and oxygen atoms in total. The first-order valence-corrected chi connectivity index (χ1v) is 16.2. The van der Waals surface area contributed by atoms with Crippen molar-refractivity contribution in [3.8, 4) is 11.5 Å². The third-order valence-electron chi connectivity index (χ3n) is 6.04.